The van der Waals surface area contributed by atoms with Gasteiger partial charge in [0.2, 0.25) is 5.91 Å². The Kier molecular flexibility index (Phi) is 4.33. The molecule has 1 amide bonds. The minimum atomic E-state index is -0.0648. The van der Waals surface area contributed by atoms with Gasteiger partial charge >= 0.3 is 0 Å². The van der Waals surface area contributed by atoms with Crippen LogP contribution >= 0.6 is 11.3 Å². The number of ether oxygens (including phenoxy) is 1. The van der Waals surface area contributed by atoms with Crippen molar-refractivity contribution >= 4 is 17.2 Å². The highest BCUT2D eigenvalue weighted by molar-refractivity contribution is 7.09. The number of hydrogen-bond donors (Lipinski definition) is 1. The summed E-state index contributed by atoms with van der Waals surface area (Å²) in [4.78, 5) is 18.8. The zero-order valence-electron chi connectivity index (χ0n) is 11.5. The molecular formula is C14H21N3O2S. The summed E-state index contributed by atoms with van der Waals surface area (Å²) < 4.78 is 5.74. The summed E-state index contributed by atoms with van der Waals surface area (Å²) in [5, 5.41) is 2.91. The van der Waals surface area contributed by atoms with Gasteiger partial charge in [0.25, 0.3) is 0 Å². The van der Waals surface area contributed by atoms with Crippen LogP contribution < -0.4 is 5.73 Å². The Morgan fingerprint density at radius 1 is 1.50 bits per heavy atom. The van der Waals surface area contributed by atoms with Gasteiger partial charge in [-0.25, -0.2) is 4.98 Å². The molecule has 1 aromatic heterocycles. The Morgan fingerprint density at radius 3 is 3.15 bits per heavy atom. The number of hydrogen-bond acceptors (Lipinski definition) is 5. The maximum atomic E-state index is 12.6. The van der Waals surface area contributed by atoms with Crippen LogP contribution in [0.25, 0.3) is 0 Å². The lowest BCUT2D eigenvalue weighted by atomic mass is 9.85. The molecule has 1 saturated carbocycles. The molecule has 2 N–H and O–H groups in total. The summed E-state index contributed by atoms with van der Waals surface area (Å²) in [6, 6.07) is 0.188. The smallest absolute Gasteiger partial charge is 0.225 e. The molecule has 1 aliphatic heterocycles. The van der Waals surface area contributed by atoms with Crippen molar-refractivity contribution in [3.8, 4) is 0 Å². The van der Waals surface area contributed by atoms with E-state index in [1.54, 1.807) is 17.5 Å². The normalized spacial score (nSPS) is 31.2. The number of nitrogens with two attached hydrogens (primary N) is 1. The fourth-order valence-electron chi connectivity index (χ4n) is 3.10. The molecule has 0 radical (unpaired) electrons. The summed E-state index contributed by atoms with van der Waals surface area (Å²) in [5.74, 6) is 0.360. The summed E-state index contributed by atoms with van der Waals surface area (Å²) in [6.45, 7) is 1.90. The Morgan fingerprint density at radius 2 is 2.40 bits per heavy atom. The maximum absolute atomic E-state index is 12.6. The predicted octanol–water partition coefficient (Wildman–Crippen LogP) is 1.56. The highest BCUT2D eigenvalue weighted by Gasteiger charge is 2.33. The second-order valence-electron chi connectivity index (χ2n) is 5.64. The topological polar surface area (TPSA) is 68.5 Å². The van der Waals surface area contributed by atoms with E-state index in [4.69, 9.17) is 10.5 Å². The van der Waals surface area contributed by atoms with E-state index in [1.807, 2.05) is 10.3 Å². The van der Waals surface area contributed by atoms with Crippen LogP contribution in [0.1, 0.15) is 36.8 Å². The second-order valence-corrected chi connectivity index (χ2v) is 6.56. The predicted molar refractivity (Wildman–Crippen MR) is 77.3 cm³/mol. The molecule has 1 aromatic rings. The van der Waals surface area contributed by atoms with Crippen molar-refractivity contribution < 1.29 is 9.53 Å². The highest BCUT2D eigenvalue weighted by atomic mass is 32.1. The van der Waals surface area contributed by atoms with Crippen LogP contribution in [0.3, 0.4) is 0 Å². The zero-order chi connectivity index (χ0) is 13.9. The molecule has 1 saturated heterocycles. The van der Waals surface area contributed by atoms with E-state index in [0.717, 1.165) is 30.7 Å². The molecule has 1 aliphatic carbocycles. The number of carbonyl (C=O) groups excluding carboxylic acids is 1. The van der Waals surface area contributed by atoms with Crippen molar-refractivity contribution in [3.63, 3.8) is 0 Å². The van der Waals surface area contributed by atoms with Crippen LogP contribution in [0.15, 0.2) is 11.6 Å². The SMILES string of the molecule is N[C@@H]1CCC[C@@H](C(=O)N2CCO[C@H](c3nccs3)C2)C1. The van der Waals surface area contributed by atoms with E-state index in [-0.39, 0.29) is 24.0 Å². The van der Waals surface area contributed by atoms with Crippen LogP contribution in [0, 0.1) is 5.92 Å². The molecule has 0 spiro atoms. The maximum Gasteiger partial charge on any atom is 0.225 e. The Bertz CT molecular complexity index is 451. The van der Waals surface area contributed by atoms with Crippen molar-refractivity contribution in [1.82, 2.24) is 9.88 Å². The lowest BCUT2D eigenvalue weighted by Crippen LogP contribution is -2.46. The van der Waals surface area contributed by atoms with Gasteiger partial charge < -0.3 is 15.4 Å². The molecule has 110 valence electrons. The van der Waals surface area contributed by atoms with Gasteiger partial charge in [-0.15, -0.1) is 11.3 Å². The van der Waals surface area contributed by atoms with Crippen LogP contribution in [0.4, 0.5) is 0 Å². The van der Waals surface area contributed by atoms with Crippen LogP contribution in [0.2, 0.25) is 0 Å². The van der Waals surface area contributed by atoms with Gasteiger partial charge in [0.05, 0.1) is 13.2 Å². The average Bonchev–Trinajstić information content (AvgIpc) is 3.01. The van der Waals surface area contributed by atoms with Gasteiger partial charge in [0.1, 0.15) is 11.1 Å². The first-order chi connectivity index (χ1) is 9.74. The molecule has 3 atom stereocenters. The second kappa shape index (κ2) is 6.20. The Labute approximate surface area is 123 Å². The number of nitrogens with zero attached hydrogens (tertiary/aromatic N) is 2. The molecular weight excluding hydrogens is 274 g/mol. The number of amides is 1. The van der Waals surface area contributed by atoms with Crippen molar-refractivity contribution in [2.75, 3.05) is 19.7 Å². The zero-order valence-corrected chi connectivity index (χ0v) is 12.3. The molecule has 5 nitrogen and oxygen atoms in total. The first-order valence-corrected chi connectivity index (χ1v) is 8.17. The first-order valence-electron chi connectivity index (χ1n) is 7.29. The largest absolute Gasteiger partial charge is 0.367 e. The fourth-order valence-corrected chi connectivity index (χ4v) is 3.78. The van der Waals surface area contributed by atoms with E-state index in [1.165, 1.54) is 0 Å². The molecule has 0 aromatic carbocycles. The van der Waals surface area contributed by atoms with E-state index in [0.29, 0.717) is 19.7 Å². The number of thiazole rings is 1. The first kappa shape index (κ1) is 14.0. The van der Waals surface area contributed by atoms with Gasteiger partial charge in [0.15, 0.2) is 0 Å². The molecule has 3 rings (SSSR count). The molecule has 20 heavy (non-hydrogen) atoms. The van der Waals surface area contributed by atoms with E-state index in [9.17, 15) is 4.79 Å². The van der Waals surface area contributed by atoms with Crippen LogP contribution in [0.5, 0.6) is 0 Å². The van der Waals surface area contributed by atoms with E-state index < -0.39 is 0 Å². The number of morpholine rings is 1. The van der Waals surface area contributed by atoms with Gasteiger partial charge in [-0.3, -0.25) is 4.79 Å². The molecule has 0 unspecified atom stereocenters. The van der Waals surface area contributed by atoms with Crippen molar-refractivity contribution in [1.29, 1.82) is 0 Å². The molecule has 2 heterocycles. The van der Waals surface area contributed by atoms with Gasteiger partial charge in [-0.2, -0.15) is 0 Å². The monoisotopic (exact) mass is 295 g/mol. The summed E-state index contributed by atoms with van der Waals surface area (Å²) in [5.41, 5.74) is 5.99. The highest BCUT2D eigenvalue weighted by Crippen LogP contribution is 2.28. The quantitative estimate of drug-likeness (QED) is 0.899. The fraction of sp³-hybridized carbons (Fsp3) is 0.714. The molecule has 2 aliphatic rings. The van der Waals surface area contributed by atoms with E-state index in [2.05, 4.69) is 4.98 Å². The van der Waals surface area contributed by atoms with Crippen molar-refractivity contribution in [2.24, 2.45) is 11.7 Å². The van der Waals surface area contributed by atoms with Gasteiger partial charge in [0, 0.05) is 30.1 Å². The van der Waals surface area contributed by atoms with Crippen molar-refractivity contribution in [3.05, 3.63) is 16.6 Å². The Hall–Kier alpha value is -0.980. The molecule has 2 fully saturated rings. The lowest BCUT2D eigenvalue weighted by molar-refractivity contribution is -0.144. The third-order valence-electron chi connectivity index (χ3n) is 4.17. The third kappa shape index (κ3) is 3.02. The minimum Gasteiger partial charge on any atom is -0.367 e. The molecule has 6 heteroatoms. The summed E-state index contributed by atoms with van der Waals surface area (Å²) >= 11 is 1.59. The number of aromatic nitrogens is 1. The minimum absolute atomic E-state index is 0.0648. The van der Waals surface area contributed by atoms with Gasteiger partial charge in [-0.1, -0.05) is 6.42 Å². The lowest BCUT2D eigenvalue weighted by Gasteiger charge is -2.36. The standard InChI is InChI=1S/C14H21N3O2S/c15-11-3-1-2-10(8-11)14(18)17-5-6-19-12(9-17)13-16-4-7-20-13/h4,7,10-12H,1-3,5-6,8-9,15H2/t10-,11-,12+/m1/s1. The van der Waals surface area contributed by atoms with Gasteiger partial charge in [-0.05, 0) is 19.3 Å². The van der Waals surface area contributed by atoms with Crippen molar-refractivity contribution in [2.45, 2.75) is 37.8 Å². The third-order valence-corrected chi connectivity index (χ3v) is 5.04. The molecule has 0 bridgehead atoms. The Balaban J connectivity index is 1.63. The van der Waals surface area contributed by atoms with Crippen LogP contribution in [-0.4, -0.2) is 41.5 Å². The van der Waals surface area contributed by atoms with Crippen LogP contribution in [-0.2, 0) is 9.53 Å². The number of carbonyl (C=O) groups is 1. The number of rotatable bonds is 2. The summed E-state index contributed by atoms with van der Waals surface area (Å²) in [6.07, 6.45) is 5.64. The van der Waals surface area contributed by atoms with E-state index >= 15 is 0 Å². The summed E-state index contributed by atoms with van der Waals surface area (Å²) in [7, 11) is 0. The average molecular weight is 295 g/mol.